The van der Waals surface area contributed by atoms with E-state index in [1.165, 1.54) is 5.56 Å². The lowest BCUT2D eigenvalue weighted by molar-refractivity contribution is 0.0515. The quantitative estimate of drug-likeness (QED) is 0.344. The first-order chi connectivity index (χ1) is 16.6. The van der Waals surface area contributed by atoms with E-state index in [1.54, 1.807) is 13.3 Å². The van der Waals surface area contributed by atoms with Crippen LogP contribution in [0.2, 0.25) is 0 Å². The Morgan fingerprint density at radius 2 is 1.85 bits per heavy atom. The number of nitrogens with two attached hydrogens (primary N) is 1. The summed E-state index contributed by atoms with van der Waals surface area (Å²) in [5.74, 6) is 0.987. The fourth-order valence-electron chi connectivity index (χ4n) is 3.78. The van der Waals surface area contributed by atoms with Crippen molar-refractivity contribution in [3.63, 3.8) is 0 Å². The number of methoxy groups -OCH3 is 1. The summed E-state index contributed by atoms with van der Waals surface area (Å²) in [4.78, 5) is 0. The minimum atomic E-state index is 0.0410. The minimum Gasteiger partial charge on any atom is -0.467 e. The highest BCUT2D eigenvalue weighted by Gasteiger charge is 2.15. The maximum atomic E-state index is 9.02. The van der Waals surface area contributed by atoms with Crippen molar-refractivity contribution in [2.24, 2.45) is 0 Å². The van der Waals surface area contributed by atoms with Crippen molar-refractivity contribution in [3.05, 3.63) is 78.1 Å². The van der Waals surface area contributed by atoms with E-state index >= 15 is 0 Å². The van der Waals surface area contributed by atoms with Gasteiger partial charge in [0.05, 0.1) is 17.9 Å². The molecule has 0 fully saturated rings. The molecule has 3 N–H and O–H groups in total. The van der Waals surface area contributed by atoms with E-state index in [2.05, 4.69) is 46.5 Å². The van der Waals surface area contributed by atoms with Crippen LogP contribution in [-0.4, -0.2) is 45.6 Å². The van der Waals surface area contributed by atoms with Gasteiger partial charge in [0.15, 0.2) is 12.6 Å². The van der Waals surface area contributed by atoms with Gasteiger partial charge in [0, 0.05) is 36.6 Å². The number of nitrogens with zero attached hydrogens (tertiary/aromatic N) is 4. The van der Waals surface area contributed by atoms with Crippen molar-refractivity contribution in [1.82, 2.24) is 20.0 Å². The van der Waals surface area contributed by atoms with Crippen LogP contribution in [0, 0.1) is 0 Å². The molecule has 0 amide bonds. The number of benzene rings is 2. The molecule has 0 saturated heterocycles. The van der Waals surface area contributed by atoms with Gasteiger partial charge in [-0.2, -0.15) is 5.10 Å². The van der Waals surface area contributed by atoms with E-state index in [0.717, 1.165) is 35.1 Å². The molecule has 0 bridgehead atoms. The Balaban J connectivity index is 1.59. The second kappa shape index (κ2) is 10.9. The molecule has 0 spiro atoms. The number of para-hydroxylation sites is 1. The first-order valence-electron chi connectivity index (χ1n) is 11.2. The minimum absolute atomic E-state index is 0.0410. The summed E-state index contributed by atoms with van der Waals surface area (Å²) in [5, 5.41) is 22.1. The molecule has 2 aromatic carbocycles. The number of nitrogen functional groups attached to an aromatic ring is 1. The Bertz CT molecular complexity index is 1220. The van der Waals surface area contributed by atoms with Crippen molar-refractivity contribution in [3.8, 4) is 28.1 Å². The molecule has 1 atom stereocenters. The maximum Gasteiger partial charge on any atom is 0.188 e. The van der Waals surface area contributed by atoms with Gasteiger partial charge in [-0.3, -0.25) is 4.68 Å². The number of aliphatic hydroxyl groups excluding tert-OH is 1. The van der Waals surface area contributed by atoms with Crippen molar-refractivity contribution >= 4 is 5.82 Å². The van der Waals surface area contributed by atoms with Crippen LogP contribution in [0.15, 0.2) is 67.0 Å². The summed E-state index contributed by atoms with van der Waals surface area (Å²) in [5.41, 5.74) is 11.6. The molecule has 1 unspecified atom stereocenters. The van der Waals surface area contributed by atoms with Gasteiger partial charge in [0.1, 0.15) is 5.75 Å². The lowest BCUT2D eigenvalue weighted by atomic mass is 10.0. The molecule has 0 aliphatic rings. The zero-order chi connectivity index (χ0) is 23.9. The number of anilines is 1. The Labute approximate surface area is 199 Å². The maximum absolute atomic E-state index is 9.02. The number of aliphatic hydroxyl groups is 1. The van der Waals surface area contributed by atoms with E-state index in [1.807, 2.05) is 41.2 Å². The van der Waals surface area contributed by atoms with Gasteiger partial charge in [-0.1, -0.05) is 36.4 Å². The highest BCUT2D eigenvalue weighted by molar-refractivity contribution is 5.78. The molecule has 0 aliphatic carbocycles. The zero-order valence-electron chi connectivity index (χ0n) is 19.4. The molecule has 2 heterocycles. The number of ether oxygens (including phenoxy) is 2. The molecule has 0 aliphatic heterocycles. The molecule has 2 aromatic heterocycles. The van der Waals surface area contributed by atoms with Crippen molar-refractivity contribution in [2.45, 2.75) is 25.8 Å². The molecule has 4 aromatic rings. The third-order valence-electron chi connectivity index (χ3n) is 5.71. The van der Waals surface area contributed by atoms with E-state index in [0.29, 0.717) is 17.3 Å². The van der Waals surface area contributed by atoms with E-state index < -0.39 is 0 Å². The summed E-state index contributed by atoms with van der Waals surface area (Å²) in [6.45, 7) is 2.44. The second-order valence-corrected chi connectivity index (χ2v) is 8.03. The summed E-state index contributed by atoms with van der Waals surface area (Å²) < 4.78 is 12.6. The molecule has 34 heavy (non-hydrogen) atoms. The molecule has 176 valence electrons. The summed E-state index contributed by atoms with van der Waals surface area (Å²) in [7, 11) is 1.58. The zero-order valence-corrected chi connectivity index (χ0v) is 19.4. The lowest BCUT2D eigenvalue weighted by Gasteiger charge is -2.13. The van der Waals surface area contributed by atoms with Gasteiger partial charge >= 0.3 is 0 Å². The fourth-order valence-corrected chi connectivity index (χ4v) is 3.78. The van der Waals surface area contributed by atoms with Crippen LogP contribution in [-0.2, 0) is 11.2 Å². The molecule has 8 nitrogen and oxygen atoms in total. The van der Waals surface area contributed by atoms with Crippen LogP contribution in [0.25, 0.3) is 22.4 Å². The molecule has 0 saturated carbocycles. The summed E-state index contributed by atoms with van der Waals surface area (Å²) in [6.07, 6.45) is 5.39. The normalized spacial score (nSPS) is 12.0. The number of hydrogen-bond acceptors (Lipinski definition) is 7. The average Bonchev–Trinajstić information content (AvgIpc) is 3.37. The lowest BCUT2D eigenvalue weighted by Crippen LogP contribution is -2.07. The third-order valence-corrected chi connectivity index (χ3v) is 5.71. The molecule has 0 radical (unpaired) electrons. The van der Waals surface area contributed by atoms with Crippen LogP contribution in [0.3, 0.4) is 0 Å². The van der Waals surface area contributed by atoms with Crippen molar-refractivity contribution in [2.75, 3.05) is 26.2 Å². The van der Waals surface area contributed by atoms with Crippen LogP contribution in [0.5, 0.6) is 5.75 Å². The van der Waals surface area contributed by atoms with Crippen LogP contribution in [0.1, 0.15) is 30.5 Å². The van der Waals surface area contributed by atoms with Gasteiger partial charge in [-0.15, -0.1) is 10.2 Å². The second-order valence-electron chi connectivity index (χ2n) is 8.03. The molecular formula is C26H29N5O3. The predicted octanol–water partition coefficient (Wildman–Crippen LogP) is 4.11. The predicted molar refractivity (Wildman–Crippen MR) is 131 cm³/mol. The number of aryl methyl sites for hydroxylation is 1. The number of hydrogen-bond donors (Lipinski definition) is 2. The van der Waals surface area contributed by atoms with Crippen LogP contribution in [0.4, 0.5) is 5.82 Å². The van der Waals surface area contributed by atoms with Crippen LogP contribution < -0.4 is 10.5 Å². The monoisotopic (exact) mass is 459 g/mol. The van der Waals surface area contributed by atoms with E-state index in [4.69, 9.17) is 20.3 Å². The Hall–Kier alpha value is -3.75. The van der Waals surface area contributed by atoms with Gasteiger partial charge in [0.2, 0.25) is 0 Å². The SMILES string of the molecule is COCOc1ccccc1-c1cc(-c2cnn(C(C)c3ccc(CCCO)cc3)c2)c(N)nn1. The number of aromatic nitrogens is 4. The first kappa shape index (κ1) is 23.4. The highest BCUT2D eigenvalue weighted by Crippen LogP contribution is 2.33. The topological polar surface area (TPSA) is 108 Å². The van der Waals surface area contributed by atoms with Crippen LogP contribution >= 0.6 is 0 Å². The first-order valence-corrected chi connectivity index (χ1v) is 11.2. The van der Waals surface area contributed by atoms with Gasteiger partial charge in [0.25, 0.3) is 0 Å². The number of rotatable bonds is 10. The molecule has 4 rings (SSSR count). The Morgan fingerprint density at radius 3 is 2.62 bits per heavy atom. The van der Waals surface area contributed by atoms with Crippen molar-refractivity contribution in [1.29, 1.82) is 0 Å². The smallest absolute Gasteiger partial charge is 0.188 e. The van der Waals surface area contributed by atoms with Crippen molar-refractivity contribution < 1.29 is 14.6 Å². The van der Waals surface area contributed by atoms with Gasteiger partial charge in [-0.25, -0.2) is 0 Å². The third kappa shape index (κ3) is 5.24. The Kier molecular flexibility index (Phi) is 7.51. The average molecular weight is 460 g/mol. The fraction of sp³-hybridized carbons (Fsp3) is 0.269. The van der Waals surface area contributed by atoms with E-state index in [9.17, 15) is 0 Å². The highest BCUT2D eigenvalue weighted by atomic mass is 16.7. The standard InChI is InChI=1S/C26H29N5O3/c1-18(20-11-9-19(10-12-20)6-5-13-32)31-16-21(15-28-31)23-14-24(29-30-26(23)27)22-7-3-4-8-25(22)34-17-33-2/h3-4,7-12,14-16,18,32H,5-6,13,17H2,1-2H3,(H2,27,30). The van der Waals surface area contributed by atoms with Gasteiger partial charge in [-0.05, 0) is 49.1 Å². The van der Waals surface area contributed by atoms with Gasteiger partial charge < -0.3 is 20.3 Å². The Morgan fingerprint density at radius 1 is 1.06 bits per heavy atom. The van der Waals surface area contributed by atoms with E-state index in [-0.39, 0.29) is 19.4 Å². The molecule has 8 heteroatoms. The summed E-state index contributed by atoms with van der Waals surface area (Å²) >= 11 is 0. The summed E-state index contributed by atoms with van der Waals surface area (Å²) in [6, 6.07) is 18.0. The largest absolute Gasteiger partial charge is 0.467 e. The molecular weight excluding hydrogens is 430 g/mol.